The maximum atomic E-state index is 11.5. The lowest BCUT2D eigenvalue weighted by Gasteiger charge is -2.27. The van der Waals surface area contributed by atoms with Crippen molar-refractivity contribution in [2.75, 3.05) is 6.61 Å². The molecule has 0 heterocycles. The van der Waals surface area contributed by atoms with E-state index in [1.807, 2.05) is 48.5 Å². The lowest BCUT2D eigenvalue weighted by atomic mass is 9.78. The van der Waals surface area contributed by atoms with Crippen molar-refractivity contribution in [2.24, 2.45) is 0 Å². The maximum Gasteiger partial charge on any atom is 0.222 e. The minimum Gasteiger partial charge on any atom is -0.281 e. The van der Waals surface area contributed by atoms with Crippen molar-refractivity contribution < 1.29 is 9.08 Å². The van der Waals surface area contributed by atoms with Gasteiger partial charge in [-0.3, -0.25) is 9.08 Å². The SMILES string of the molecule is O=C(Cl)CC(c1ccccc1)C(CCOCl)c1ccccc1. The number of carbonyl (C=O) groups excluding carboxylic acids is 1. The van der Waals surface area contributed by atoms with Crippen molar-refractivity contribution in [1.82, 2.24) is 0 Å². The summed E-state index contributed by atoms with van der Waals surface area (Å²) in [6.07, 6.45) is 1.00. The molecule has 2 atom stereocenters. The molecule has 2 rings (SSSR count). The summed E-state index contributed by atoms with van der Waals surface area (Å²) in [5, 5.41) is -0.332. The second-order valence-electron chi connectivity index (χ2n) is 5.20. The molecule has 0 N–H and O–H groups in total. The summed E-state index contributed by atoms with van der Waals surface area (Å²) in [4.78, 5) is 11.5. The van der Waals surface area contributed by atoms with Crippen molar-refractivity contribution in [3.8, 4) is 0 Å². The van der Waals surface area contributed by atoms with Gasteiger partial charge in [0.05, 0.1) is 18.5 Å². The van der Waals surface area contributed by atoms with Gasteiger partial charge in [0.25, 0.3) is 0 Å². The van der Waals surface area contributed by atoms with E-state index in [4.69, 9.17) is 27.8 Å². The van der Waals surface area contributed by atoms with Crippen LogP contribution in [0.4, 0.5) is 0 Å². The molecule has 0 saturated heterocycles. The van der Waals surface area contributed by atoms with E-state index in [-0.39, 0.29) is 23.5 Å². The first-order valence-corrected chi connectivity index (χ1v) is 7.92. The third-order valence-electron chi connectivity index (χ3n) is 3.83. The van der Waals surface area contributed by atoms with Crippen molar-refractivity contribution in [1.29, 1.82) is 0 Å². The van der Waals surface area contributed by atoms with Crippen molar-refractivity contribution >= 4 is 28.7 Å². The highest BCUT2D eigenvalue weighted by Crippen LogP contribution is 2.38. The van der Waals surface area contributed by atoms with Crippen LogP contribution in [0.15, 0.2) is 60.7 Å². The van der Waals surface area contributed by atoms with E-state index in [1.165, 1.54) is 0 Å². The molecule has 22 heavy (non-hydrogen) atoms. The number of hydrogen-bond acceptors (Lipinski definition) is 2. The average molecular weight is 337 g/mol. The van der Waals surface area contributed by atoms with E-state index in [0.29, 0.717) is 6.61 Å². The van der Waals surface area contributed by atoms with Gasteiger partial charge >= 0.3 is 0 Å². The molecule has 2 nitrogen and oxygen atoms in total. The predicted octanol–water partition coefficient (Wildman–Crippen LogP) is 5.27. The van der Waals surface area contributed by atoms with E-state index in [1.54, 1.807) is 0 Å². The van der Waals surface area contributed by atoms with E-state index in [2.05, 4.69) is 12.1 Å². The average Bonchev–Trinajstić information content (AvgIpc) is 2.55. The Morgan fingerprint density at radius 3 is 1.86 bits per heavy atom. The molecule has 2 aromatic rings. The first-order chi connectivity index (χ1) is 10.7. The fourth-order valence-corrected chi connectivity index (χ4v) is 3.09. The third kappa shape index (κ3) is 4.84. The highest BCUT2D eigenvalue weighted by atomic mass is 35.5. The predicted molar refractivity (Wildman–Crippen MR) is 90.3 cm³/mol. The summed E-state index contributed by atoms with van der Waals surface area (Å²) in [6, 6.07) is 20.1. The van der Waals surface area contributed by atoms with Crippen LogP contribution < -0.4 is 0 Å². The van der Waals surface area contributed by atoms with E-state index in [9.17, 15) is 4.79 Å². The van der Waals surface area contributed by atoms with Gasteiger partial charge in [-0.2, -0.15) is 0 Å². The van der Waals surface area contributed by atoms with Crippen molar-refractivity contribution in [2.45, 2.75) is 24.7 Å². The molecule has 0 aliphatic rings. The Bertz CT molecular complexity index is 572. The van der Waals surface area contributed by atoms with Gasteiger partial charge in [-0.15, -0.1) is 0 Å². The Balaban J connectivity index is 2.36. The quantitative estimate of drug-likeness (QED) is 0.614. The van der Waals surface area contributed by atoms with Gasteiger partial charge in [-0.1, -0.05) is 60.7 Å². The number of halogens is 2. The highest BCUT2D eigenvalue weighted by Gasteiger charge is 2.26. The zero-order valence-electron chi connectivity index (χ0n) is 12.1. The highest BCUT2D eigenvalue weighted by molar-refractivity contribution is 6.63. The van der Waals surface area contributed by atoms with Gasteiger partial charge in [0.2, 0.25) is 5.24 Å². The second kappa shape index (κ2) is 8.94. The van der Waals surface area contributed by atoms with E-state index < -0.39 is 0 Å². The molecule has 2 unspecified atom stereocenters. The third-order valence-corrected chi connectivity index (χ3v) is 4.14. The molecule has 0 fully saturated rings. The molecular weight excluding hydrogens is 319 g/mol. The van der Waals surface area contributed by atoms with Gasteiger partial charge in [-0.25, -0.2) is 0 Å². The number of rotatable bonds is 8. The van der Waals surface area contributed by atoms with E-state index in [0.717, 1.165) is 17.5 Å². The van der Waals surface area contributed by atoms with Crippen LogP contribution in [0.2, 0.25) is 0 Å². The van der Waals surface area contributed by atoms with Crippen LogP contribution in [-0.4, -0.2) is 11.8 Å². The van der Waals surface area contributed by atoms with Gasteiger partial charge in [0, 0.05) is 6.42 Å². The van der Waals surface area contributed by atoms with Crippen LogP contribution in [0.1, 0.15) is 35.8 Å². The van der Waals surface area contributed by atoms with Crippen LogP contribution in [0.3, 0.4) is 0 Å². The minimum absolute atomic E-state index is 0.000386. The van der Waals surface area contributed by atoms with Crippen LogP contribution in [0, 0.1) is 0 Å². The van der Waals surface area contributed by atoms with Crippen LogP contribution in [0.25, 0.3) is 0 Å². The smallest absolute Gasteiger partial charge is 0.222 e. The molecule has 2 aromatic carbocycles. The molecule has 0 amide bonds. The summed E-state index contributed by atoms with van der Waals surface area (Å²) in [7, 11) is 0. The molecule has 0 spiro atoms. The van der Waals surface area contributed by atoms with Crippen LogP contribution in [0.5, 0.6) is 0 Å². The summed E-state index contributed by atoms with van der Waals surface area (Å²) in [6.45, 7) is 0.418. The Kier molecular flexibility index (Phi) is 6.91. The molecule has 0 aromatic heterocycles. The van der Waals surface area contributed by atoms with Gasteiger partial charge in [-0.05, 0) is 41.0 Å². The molecule has 4 heteroatoms. The zero-order chi connectivity index (χ0) is 15.8. The zero-order valence-corrected chi connectivity index (χ0v) is 13.6. The first kappa shape index (κ1) is 17.0. The molecule has 0 aliphatic carbocycles. The normalized spacial score (nSPS) is 13.5. The summed E-state index contributed by atoms with van der Waals surface area (Å²) in [5.74, 6) is 0.116. The second-order valence-corrected chi connectivity index (χ2v) is 5.84. The molecule has 116 valence electrons. The maximum absolute atomic E-state index is 11.5. The first-order valence-electron chi connectivity index (χ1n) is 7.24. The largest absolute Gasteiger partial charge is 0.281 e. The van der Waals surface area contributed by atoms with Gasteiger partial charge < -0.3 is 0 Å². The molecular formula is C18H18Cl2O2. The fraction of sp³-hybridized carbons (Fsp3) is 0.278. The molecule has 0 aliphatic heterocycles. The Morgan fingerprint density at radius 2 is 1.41 bits per heavy atom. The van der Waals surface area contributed by atoms with Crippen molar-refractivity contribution in [3.05, 3.63) is 71.8 Å². The standard InChI is InChI=1S/C18H18Cl2O2/c19-18(21)13-17(15-9-5-2-6-10-15)16(11-12-22-20)14-7-3-1-4-8-14/h1-10,16-17H,11-13H2. The van der Waals surface area contributed by atoms with Gasteiger partial charge in [0.1, 0.15) is 0 Å². The Morgan fingerprint density at radius 1 is 0.909 bits per heavy atom. The fourth-order valence-electron chi connectivity index (χ4n) is 2.84. The number of benzene rings is 2. The summed E-state index contributed by atoms with van der Waals surface area (Å²) < 4.78 is 4.74. The lowest BCUT2D eigenvalue weighted by Crippen LogP contribution is -2.15. The monoisotopic (exact) mass is 336 g/mol. The van der Waals surface area contributed by atoms with Gasteiger partial charge in [0.15, 0.2) is 0 Å². The molecule has 0 radical (unpaired) electrons. The topological polar surface area (TPSA) is 26.3 Å². The summed E-state index contributed by atoms with van der Waals surface area (Å²) in [5.41, 5.74) is 2.25. The number of hydrogen-bond donors (Lipinski definition) is 0. The molecule has 0 bridgehead atoms. The van der Waals surface area contributed by atoms with Crippen LogP contribution in [-0.2, 0) is 9.08 Å². The molecule has 0 saturated carbocycles. The van der Waals surface area contributed by atoms with E-state index >= 15 is 0 Å². The summed E-state index contributed by atoms with van der Waals surface area (Å²) >= 11 is 11.1. The minimum atomic E-state index is -0.332. The Labute approximate surface area is 141 Å². The Hall–Kier alpha value is -1.35. The number of carbonyl (C=O) groups is 1. The van der Waals surface area contributed by atoms with Crippen LogP contribution >= 0.6 is 23.5 Å². The van der Waals surface area contributed by atoms with Crippen molar-refractivity contribution in [3.63, 3.8) is 0 Å². The lowest BCUT2D eigenvalue weighted by molar-refractivity contribution is -0.112.